The van der Waals surface area contributed by atoms with Crippen LogP contribution in [0.15, 0.2) is 48.1 Å². The quantitative estimate of drug-likeness (QED) is 0.537. The zero-order chi connectivity index (χ0) is 14.6. The molecule has 0 heterocycles. The summed E-state index contributed by atoms with van der Waals surface area (Å²) >= 11 is 1.79. The van der Waals surface area contributed by atoms with Crippen LogP contribution in [-0.2, 0) is 10.5 Å². The Morgan fingerprint density at radius 3 is 2.95 bits per heavy atom. The molecule has 1 aromatic carbocycles. The van der Waals surface area contributed by atoms with Crippen molar-refractivity contribution in [2.45, 2.75) is 5.75 Å². The van der Waals surface area contributed by atoms with Crippen molar-refractivity contribution in [3.63, 3.8) is 0 Å². The summed E-state index contributed by atoms with van der Waals surface area (Å²) in [5.74, 6) is 5.34. The van der Waals surface area contributed by atoms with Crippen LogP contribution in [0.1, 0.15) is 5.56 Å². The van der Waals surface area contributed by atoms with E-state index in [-0.39, 0.29) is 0 Å². The van der Waals surface area contributed by atoms with Crippen LogP contribution in [0.4, 0.5) is 0 Å². The molecule has 0 aliphatic rings. The summed E-state index contributed by atoms with van der Waals surface area (Å²) in [6.45, 7) is 0.602. The van der Waals surface area contributed by atoms with E-state index in [2.05, 4.69) is 12.0 Å². The Morgan fingerprint density at radius 2 is 2.25 bits per heavy atom. The fourth-order valence-electron chi connectivity index (χ4n) is 1.51. The molecule has 1 rings (SSSR count). The lowest BCUT2D eigenvalue weighted by molar-refractivity contribution is 0.234. The number of thioether (sulfide) groups is 1. The molecule has 0 unspecified atom stereocenters. The zero-order valence-electron chi connectivity index (χ0n) is 12.0. The van der Waals surface area contributed by atoms with Crippen LogP contribution in [-0.4, -0.2) is 26.6 Å². The van der Waals surface area contributed by atoms with Crippen molar-refractivity contribution < 1.29 is 9.47 Å². The molecule has 0 fully saturated rings. The van der Waals surface area contributed by atoms with Gasteiger partial charge in [-0.2, -0.15) is 11.8 Å². The minimum atomic E-state index is 0.602. The van der Waals surface area contributed by atoms with Gasteiger partial charge in [-0.1, -0.05) is 36.3 Å². The summed E-state index contributed by atoms with van der Waals surface area (Å²) in [5.41, 5.74) is 2.21. The predicted octanol–water partition coefficient (Wildman–Crippen LogP) is 3.69. The number of allylic oxidation sites excluding steroid dienone is 2. The van der Waals surface area contributed by atoms with Gasteiger partial charge in [-0.15, -0.1) is 6.42 Å². The second-order valence-corrected chi connectivity index (χ2v) is 5.05. The first-order chi connectivity index (χ1) is 9.80. The van der Waals surface area contributed by atoms with Crippen molar-refractivity contribution in [1.82, 2.24) is 0 Å². The molecule has 0 aliphatic carbocycles. The maximum absolute atomic E-state index is 5.50. The Labute approximate surface area is 125 Å². The number of ether oxygens (including phenoxy) is 2. The van der Waals surface area contributed by atoms with Gasteiger partial charge in [0, 0.05) is 24.2 Å². The Hall–Kier alpha value is -1.63. The topological polar surface area (TPSA) is 18.5 Å². The van der Waals surface area contributed by atoms with Gasteiger partial charge < -0.3 is 9.47 Å². The number of hydrogen-bond acceptors (Lipinski definition) is 3. The molecule has 0 amide bonds. The van der Waals surface area contributed by atoms with Crippen molar-refractivity contribution in [1.29, 1.82) is 0 Å². The highest BCUT2D eigenvalue weighted by molar-refractivity contribution is 7.98. The van der Waals surface area contributed by atoms with Crippen molar-refractivity contribution in [3.8, 4) is 18.1 Å². The molecule has 3 heteroatoms. The Balaban J connectivity index is 2.43. The highest BCUT2D eigenvalue weighted by Gasteiger charge is 1.98. The average Bonchev–Trinajstić information content (AvgIpc) is 2.50. The van der Waals surface area contributed by atoms with Crippen LogP contribution >= 0.6 is 11.8 Å². The molecule has 0 bridgehead atoms. The molecule has 0 aliphatic heterocycles. The Bertz CT molecular complexity index is 498. The van der Waals surface area contributed by atoms with Gasteiger partial charge in [0.2, 0.25) is 0 Å². The summed E-state index contributed by atoms with van der Waals surface area (Å²) < 4.78 is 10.1. The third-order valence-electron chi connectivity index (χ3n) is 2.54. The van der Waals surface area contributed by atoms with Crippen molar-refractivity contribution in [2.75, 3.05) is 26.6 Å². The highest BCUT2D eigenvalue weighted by atomic mass is 32.2. The third-order valence-corrected chi connectivity index (χ3v) is 3.59. The molecule has 106 valence electrons. The standard InChI is InChI=1S/C17H20O2S/c1-4-15(8-5-6-11-18-2)13-20-14-16-9-7-10-17(12-16)19-3/h1,5-10,12H,11,13-14H2,2-3H3/b6-5-,15-8+. The van der Waals surface area contributed by atoms with Crippen LogP contribution in [0.3, 0.4) is 0 Å². The van der Waals surface area contributed by atoms with Gasteiger partial charge in [-0.3, -0.25) is 0 Å². The molecule has 0 radical (unpaired) electrons. The largest absolute Gasteiger partial charge is 0.497 e. The third kappa shape index (κ3) is 6.51. The van der Waals surface area contributed by atoms with Gasteiger partial charge in [-0.05, 0) is 17.7 Å². The number of methoxy groups -OCH3 is 2. The number of rotatable bonds is 8. The lowest BCUT2D eigenvalue weighted by atomic mass is 10.2. The molecule has 2 nitrogen and oxygen atoms in total. The minimum Gasteiger partial charge on any atom is -0.497 e. The van der Waals surface area contributed by atoms with Gasteiger partial charge >= 0.3 is 0 Å². The lowest BCUT2D eigenvalue weighted by Crippen LogP contribution is -1.88. The fraction of sp³-hybridized carbons (Fsp3) is 0.294. The van der Waals surface area contributed by atoms with Gasteiger partial charge in [0.1, 0.15) is 5.75 Å². The van der Waals surface area contributed by atoms with Crippen molar-refractivity contribution in [2.24, 2.45) is 0 Å². The maximum Gasteiger partial charge on any atom is 0.119 e. The van der Waals surface area contributed by atoms with Crippen LogP contribution < -0.4 is 4.74 Å². The molecular weight excluding hydrogens is 268 g/mol. The second kappa shape index (κ2) is 10.2. The monoisotopic (exact) mass is 288 g/mol. The number of hydrogen-bond donors (Lipinski definition) is 0. The van der Waals surface area contributed by atoms with Crippen LogP contribution in [0.5, 0.6) is 5.75 Å². The summed E-state index contributed by atoms with van der Waals surface area (Å²) in [5, 5.41) is 0. The van der Waals surface area contributed by atoms with E-state index in [4.69, 9.17) is 15.9 Å². The zero-order valence-corrected chi connectivity index (χ0v) is 12.8. The van der Waals surface area contributed by atoms with E-state index < -0.39 is 0 Å². The molecule has 0 spiro atoms. The van der Waals surface area contributed by atoms with E-state index in [0.717, 1.165) is 22.8 Å². The van der Waals surface area contributed by atoms with Gasteiger partial charge in [0.25, 0.3) is 0 Å². The van der Waals surface area contributed by atoms with E-state index >= 15 is 0 Å². The molecule has 1 aromatic rings. The first kappa shape index (κ1) is 16.4. The lowest BCUT2D eigenvalue weighted by Gasteiger charge is -2.04. The second-order valence-electron chi connectivity index (χ2n) is 4.06. The fourth-order valence-corrected chi connectivity index (χ4v) is 2.43. The highest BCUT2D eigenvalue weighted by Crippen LogP contribution is 2.19. The summed E-state index contributed by atoms with van der Waals surface area (Å²) in [6, 6.07) is 8.08. The number of benzene rings is 1. The smallest absolute Gasteiger partial charge is 0.119 e. The van der Waals surface area contributed by atoms with E-state index in [1.807, 2.05) is 36.4 Å². The predicted molar refractivity (Wildman–Crippen MR) is 87.1 cm³/mol. The molecule has 0 aromatic heterocycles. The van der Waals surface area contributed by atoms with Crippen LogP contribution in [0, 0.1) is 12.3 Å². The SMILES string of the molecule is C#C/C(=C\C=C/COC)CSCc1cccc(OC)c1. The van der Waals surface area contributed by atoms with Crippen molar-refractivity contribution >= 4 is 11.8 Å². The summed E-state index contributed by atoms with van der Waals surface area (Å²) in [6.07, 6.45) is 11.3. The molecular formula is C17H20O2S. The van der Waals surface area contributed by atoms with Gasteiger partial charge in [0.05, 0.1) is 13.7 Å². The minimum absolute atomic E-state index is 0.602. The van der Waals surface area contributed by atoms with Gasteiger partial charge in [-0.25, -0.2) is 0 Å². The van der Waals surface area contributed by atoms with E-state index in [1.165, 1.54) is 5.56 Å². The van der Waals surface area contributed by atoms with Crippen LogP contribution in [0.25, 0.3) is 0 Å². The molecule has 0 saturated heterocycles. The van der Waals surface area contributed by atoms with E-state index in [0.29, 0.717) is 6.61 Å². The Morgan fingerprint density at radius 1 is 1.40 bits per heavy atom. The van der Waals surface area contributed by atoms with Gasteiger partial charge in [0.15, 0.2) is 0 Å². The molecule has 0 N–H and O–H groups in total. The first-order valence-corrected chi connectivity index (χ1v) is 7.47. The molecule has 20 heavy (non-hydrogen) atoms. The first-order valence-electron chi connectivity index (χ1n) is 6.32. The summed E-state index contributed by atoms with van der Waals surface area (Å²) in [7, 11) is 3.35. The molecule has 0 atom stereocenters. The molecule has 0 saturated carbocycles. The van der Waals surface area contributed by atoms with E-state index in [1.54, 1.807) is 26.0 Å². The van der Waals surface area contributed by atoms with Crippen molar-refractivity contribution in [3.05, 3.63) is 53.6 Å². The maximum atomic E-state index is 5.50. The summed E-state index contributed by atoms with van der Waals surface area (Å²) in [4.78, 5) is 0. The van der Waals surface area contributed by atoms with E-state index in [9.17, 15) is 0 Å². The Kier molecular flexibility index (Phi) is 8.37. The number of terminal acetylenes is 1. The average molecular weight is 288 g/mol. The van der Waals surface area contributed by atoms with Crippen LogP contribution in [0.2, 0.25) is 0 Å². The normalized spacial score (nSPS) is 11.6.